The third kappa shape index (κ3) is 4.46. The predicted molar refractivity (Wildman–Crippen MR) is 134 cm³/mol. The number of carbonyl (C=O) groups is 2. The molecule has 3 aromatic carbocycles. The Labute approximate surface area is 191 Å². The predicted octanol–water partition coefficient (Wildman–Crippen LogP) is 6.32. The Kier molecular flexibility index (Phi) is 7.52. The topological polar surface area (TPSA) is 51.2 Å². The van der Waals surface area contributed by atoms with Gasteiger partial charge in [0.05, 0.1) is 0 Å². The molecule has 0 saturated heterocycles. The number of hydrogen-bond acceptors (Lipinski definition) is 3. The van der Waals surface area contributed by atoms with E-state index in [1.54, 1.807) is 30.3 Å². The standard InChI is InChI=1S/C26H27O3P.H2S/c1-16-12-18(3)23(19(4)13-16)25(27)30(29,22-10-8-7-9-11-22)26(28)24-20(5)14-17(2)15-21(24)6;/h7-15H,1-6H3;1H2. The van der Waals surface area contributed by atoms with Crippen molar-refractivity contribution in [2.45, 2.75) is 41.5 Å². The van der Waals surface area contributed by atoms with Gasteiger partial charge in [-0.25, -0.2) is 0 Å². The number of carbonyl (C=O) groups excluding carboxylic acids is 2. The molecule has 0 fully saturated rings. The van der Waals surface area contributed by atoms with Crippen LogP contribution < -0.4 is 5.30 Å². The number of benzene rings is 3. The van der Waals surface area contributed by atoms with Gasteiger partial charge in [0.2, 0.25) is 18.2 Å². The third-order valence-corrected chi connectivity index (χ3v) is 8.09. The fourth-order valence-corrected chi connectivity index (χ4v) is 6.89. The Morgan fingerprint density at radius 1 is 0.613 bits per heavy atom. The SMILES string of the molecule is Cc1cc(C)c(C(=O)P(=O)(C(=O)c2c(C)cc(C)cc2C)c2ccccc2)c(C)c1.S. The number of hydrogen-bond donors (Lipinski definition) is 0. The number of rotatable bonds is 5. The van der Waals surface area contributed by atoms with Gasteiger partial charge in [-0.2, -0.15) is 13.5 Å². The lowest BCUT2D eigenvalue weighted by Crippen LogP contribution is -2.23. The summed E-state index contributed by atoms with van der Waals surface area (Å²) in [7, 11) is -4.11. The Hall–Kier alpha value is -2.42. The molecule has 0 aliphatic rings. The van der Waals surface area contributed by atoms with Crippen molar-refractivity contribution in [3.63, 3.8) is 0 Å². The van der Waals surface area contributed by atoms with Crippen molar-refractivity contribution in [1.29, 1.82) is 0 Å². The molecule has 0 N–H and O–H groups in total. The van der Waals surface area contributed by atoms with Crippen molar-refractivity contribution < 1.29 is 14.2 Å². The molecule has 0 spiro atoms. The van der Waals surface area contributed by atoms with Crippen LogP contribution in [-0.4, -0.2) is 11.0 Å². The summed E-state index contributed by atoms with van der Waals surface area (Å²) in [5, 5.41) is 0.277. The van der Waals surface area contributed by atoms with Crippen molar-refractivity contribution in [2.24, 2.45) is 0 Å². The third-order valence-electron chi connectivity index (χ3n) is 5.47. The maximum absolute atomic E-state index is 14.5. The van der Waals surface area contributed by atoms with Gasteiger partial charge in [-0.1, -0.05) is 65.7 Å². The van der Waals surface area contributed by atoms with Gasteiger partial charge in [0, 0.05) is 16.4 Å². The van der Waals surface area contributed by atoms with E-state index >= 15 is 0 Å². The van der Waals surface area contributed by atoms with E-state index in [2.05, 4.69) is 0 Å². The minimum absolute atomic E-state index is 0. The van der Waals surface area contributed by atoms with Crippen LogP contribution in [-0.2, 0) is 4.57 Å². The summed E-state index contributed by atoms with van der Waals surface area (Å²) in [5.41, 5.74) is 4.56. The van der Waals surface area contributed by atoms with E-state index < -0.39 is 18.2 Å². The minimum Gasteiger partial charge on any atom is -0.302 e. The molecule has 31 heavy (non-hydrogen) atoms. The zero-order chi connectivity index (χ0) is 22.2. The van der Waals surface area contributed by atoms with Crippen molar-refractivity contribution >= 4 is 37.0 Å². The zero-order valence-corrected chi connectivity index (χ0v) is 20.8. The highest BCUT2D eigenvalue weighted by molar-refractivity contribution is 8.01. The molecule has 162 valence electrons. The fraction of sp³-hybridized carbons (Fsp3) is 0.231. The smallest absolute Gasteiger partial charge is 0.248 e. The first-order chi connectivity index (χ1) is 14.1. The van der Waals surface area contributed by atoms with E-state index in [1.807, 2.05) is 65.8 Å². The van der Waals surface area contributed by atoms with E-state index in [0.717, 1.165) is 33.4 Å². The molecule has 0 saturated carbocycles. The molecular formula is C26H29O3PS. The molecule has 0 bridgehead atoms. The van der Waals surface area contributed by atoms with E-state index in [4.69, 9.17) is 0 Å². The van der Waals surface area contributed by atoms with Crippen LogP contribution in [0.2, 0.25) is 0 Å². The van der Waals surface area contributed by atoms with Crippen LogP contribution >= 0.6 is 20.6 Å². The van der Waals surface area contributed by atoms with Crippen molar-refractivity contribution in [1.82, 2.24) is 0 Å². The maximum atomic E-state index is 14.5. The summed E-state index contributed by atoms with van der Waals surface area (Å²) in [6, 6.07) is 16.0. The molecule has 0 aliphatic heterocycles. The van der Waals surface area contributed by atoms with Crippen LogP contribution in [0.5, 0.6) is 0 Å². The summed E-state index contributed by atoms with van der Waals surface area (Å²) in [5.74, 6) is 0. The average Bonchev–Trinajstić information content (AvgIpc) is 2.66. The van der Waals surface area contributed by atoms with Crippen molar-refractivity contribution in [3.8, 4) is 0 Å². The monoisotopic (exact) mass is 452 g/mol. The van der Waals surface area contributed by atoms with Crippen LogP contribution in [0.3, 0.4) is 0 Å². The van der Waals surface area contributed by atoms with Gasteiger partial charge < -0.3 is 4.57 Å². The summed E-state index contributed by atoms with van der Waals surface area (Å²) in [4.78, 5) is 27.7. The van der Waals surface area contributed by atoms with Gasteiger partial charge >= 0.3 is 0 Å². The van der Waals surface area contributed by atoms with Gasteiger partial charge in [-0.3, -0.25) is 9.59 Å². The van der Waals surface area contributed by atoms with Gasteiger partial charge in [0.25, 0.3) is 0 Å². The second kappa shape index (κ2) is 9.38. The molecule has 3 rings (SSSR count). The van der Waals surface area contributed by atoms with Crippen LogP contribution in [0.4, 0.5) is 0 Å². The van der Waals surface area contributed by atoms with E-state index in [-0.39, 0.29) is 18.8 Å². The Balaban J connectivity index is 0.00000341. The van der Waals surface area contributed by atoms with Crippen molar-refractivity contribution in [2.75, 3.05) is 0 Å². The second-order valence-electron chi connectivity index (χ2n) is 8.10. The molecule has 0 aromatic heterocycles. The quantitative estimate of drug-likeness (QED) is 0.426. The summed E-state index contributed by atoms with van der Waals surface area (Å²) < 4.78 is 14.5. The molecule has 0 atom stereocenters. The highest BCUT2D eigenvalue weighted by atomic mass is 32.1. The maximum Gasteiger partial charge on any atom is 0.248 e. The molecule has 0 aliphatic carbocycles. The van der Waals surface area contributed by atoms with E-state index in [0.29, 0.717) is 11.1 Å². The highest BCUT2D eigenvalue weighted by Gasteiger charge is 2.44. The lowest BCUT2D eigenvalue weighted by molar-refractivity contribution is 0.104. The van der Waals surface area contributed by atoms with Crippen LogP contribution in [0.25, 0.3) is 0 Å². The lowest BCUT2D eigenvalue weighted by Gasteiger charge is -2.21. The molecule has 0 heterocycles. The Bertz CT molecular complexity index is 1090. The first-order valence-corrected chi connectivity index (χ1v) is 11.7. The van der Waals surface area contributed by atoms with Crippen LogP contribution in [0.1, 0.15) is 54.1 Å². The highest BCUT2D eigenvalue weighted by Crippen LogP contribution is 2.52. The first-order valence-electron chi connectivity index (χ1n) is 9.98. The average molecular weight is 453 g/mol. The zero-order valence-electron chi connectivity index (χ0n) is 18.9. The van der Waals surface area contributed by atoms with E-state index in [1.165, 1.54) is 0 Å². The second-order valence-corrected chi connectivity index (χ2v) is 10.6. The summed E-state index contributed by atoms with van der Waals surface area (Å²) in [6.45, 7) is 11.2. The first kappa shape index (κ1) is 24.8. The molecule has 3 aromatic rings. The van der Waals surface area contributed by atoms with E-state index in [9.17, 15) is 14.2 Å². The minimum atomic E-state index is -4.11. The largest absolute Gasteiger partial charge is 0.302 e. The fourth-order valence-electron chi connectivity index (χ4n) is 4.31. The number of aryl methyl sites for hydroxylation is 6. The van der Waals surface area contributed by atoms with Crippen LogP contribution in [0, 0.1) is 41.5 Å². The van der Waals surface area contributed by atoms with Gasteiger partial charge in [-0.05, 0) is 63.8 Å². The lowest BCUT2D eigenvalue weighted by atomic mass is 10.0. The van der Waals surface area contributed by atoms with Crippen molar-refractivity contribution in [3.05, 3.63) is 99.1 Å². The molecule has 0 radical (unpaired) electrons. The summed E-state index contributed by atoms with van der Waals surface area (Å²) >= 11 is 0. The molecule has 0 unspecified atom stereocenters. The van der Waals surface area contributed by atoms with Crippen LogP contribution in [0.15, 0.2) is 54.6 Å². The Morgan fingerprint density at radius 2 is 0.935 bits per heavy atom. The summed E-state index contributed by atoms with van der Waals surface area (Å²) in [6.07, 6.45) is 0. The molecular weight excluding hydrogens is 423 g/mol. The Morgan fingerprint density at radius 3 is 1.26 bits per heavy atom. The van der Waals surface area contributed by atoms with Gasteiger partial charge in [0.1, 0.15) is 0 Å². The molecule has 5 heteroatoms. The van der Waals surface area contributed by atoms with Gasteiger partial charge in [-0.15, -0.1) is 0 Å². The van der Waals surface area contributed by atoms with Gasteiger partial charge in [0.15, 0.2) is 0 Å². The normalized spacial score (nSPS) is 11.0. The molecule has 0 amide bonds. The molecule has 3 nitrogen and oxygen atoms in total.